The van der Waals surface area contributed by atoms with Gasteiger partial charge in [-0.3, -0.25) is 19.7 Å². The van der Waals surface area contributed by atoms with E-state index >= 15 is 0 Å². The predicted molar refractivity (Wildman–Crippen MR) is 89.6 cm³/mol. The van der Waals surface area contributed by atoms with Gasteiger partial charge in [-0.2, -0.15) is 0 Å². The molecule has 1 aromatic heterocycles. The van der Waals surface area contributed by atoms with Crippen molar-refractivity contribution in [1.29, 1.82) is 0 Å². The summed E-state index contributed by atoms with van der Waals surface area (Å²) >= 11 is 1.29. The number of rotatable bonds is 5. The molecule has 6 nitrogen and oxygen atoms in total. The van der Waals surface area contributed by atoms with Crippen LogP contribution < -0.4 is 10.6 Å². The number of carbonyl (C=O) groups excluding carboxylic acids is 3. The fraction of sp³-hybridized carbons (Fsp3) is 0.125. The number of benzene rings is 1. The largest absolute Gasteiger partial charge is 0.322 e. The molecule has 0 atom stereocenters. The summed E-state index contributed by atoms with van der Waals surface area (Å²) in [5, 5.41) is 7.44. The van der Waals surface area contributed by atoms with Gasteiger partial charge in [-0.25, -0.2) is 4.98 Å². The highest BCUT2D eigenvalue weighted by molar-refractivity contribution is 7.13. The average molecular weight is 329 g/mol. The third-order valence-electron chi connectivity index (χ3n) is 2.92. The third kappa shape index (κ3) is 4.86. The van der Waals surface area contributed by atoms with Crippen molar-refractivity contribution in [2.75, 3.05) is 10.6 Å². The summed E-state index contributed by atoms with van der Waals surface area (Å²) in [5.74, 6) is -0.854. The van der Waals surface area contributed by atoms with Crippen LogP contribution in [0.5, 0.6) is 0 Å². The van der Waals surface area contributed by atoms with Crippen molar-refractivity contribution in [2.45, 2.75) is 13.8 Å². The van der Waals surface area contributed by atoms with Crippen molar-refractivity contribution in [3.63, 3.8) is 0 Å². The van der Waals surface area contributed by atoms with Gasteiger partial charge < -0.3 is 5.32 Å². The maximum Gasteiger partial charge on any atom is 0.251 e. The van der Waals surface area contributed by atoms with Crippen LogP contribution in [0.4, 0.5) is 10.8 Å². The number of ketones is 1. The maximum absolute atomic E-state index is 12.0. The summed E-state index contributed by atoms with van der Waals surface area (Å²) < 4.78 is 0. The minimum Gasteiger partial charge on any atom is -0.322 e. The number of nitrogens with zero attached hydrogens (tertiary/aromatic N) is 1. The van der Waals surface area contributed by atoms with E-state index in [2.05, 4.69) is 15.6 Å². The van der Waals surface area contributed by atoms with Crippen LogP contribution in [0.25, 0.3) is 0 Å². The van der Waals surface area contributed by atoms with Crippen molar-refractivity contribution < 1.29 is 14.4 Å². The smallest absolute Gasteiger partial charge is 0.251 e. The Morgan fingerprint density at radius 3 is 2.35 bits per heavy atom. The summed E-state index contributed by atoms with van der Waals surface area (Å²) in [5.41, 5.74) is 1.38. The minimum absolute atomic E-state index is 0.0437. The van der Waals surface area contributed by atoms with Crippen molar-refractivity contribution in [2.24, 2.45) is 0 Å². The Balaban J connectivity index is 1.97. The lowest BCUT2D eigenvalue weighted by Gasteiger charge is -2.06. The molecule has 7 heteroatoms. The second-order valence-corrected chi connectivity index (χ2v) is 5.64. The van der Waals surface area contributed by atoms with Crippen molar-refractivity contribution >= 4 is 39.8 Å². The van der Waals surface area contributed by atoms with Crippen LogP contribution in [-0.4, -0.2) is 22.6 Å². The molecule has 2 amide bonds. The molecular formula is C16H15N3O3S. The zero-order valence-corrected chi connectivity index (χ0v) is 13.4. The molecule has 0 aliphatic carbocycles. The van der Waals surface area contributed by atoms with Crippen LogP contribution in [0.2, 0.25) is 0 Å². The Labute approximate surface area is 137 Å². The van der Waals surface area contributed by atoms with Gasteiger partial charge in [0, 0.05) is 34.5 Å². The molecule has 0 spiro atoms. The van der Waals surface area contributed by atoms with Crippen molar-refractivity contribution in [3.8, 4) is 0 Å². The monoisotopic (exact) mass is 329 g/mol. The molecule has 2 rings (SSSR count). The molecule has 23 heavy (non-hydrogen) atoms. The van der Waals surface area contributed by atoms with E-state index in [-0.39, 0.29) is 11.4 Å². The SMILES string of the molecule is CC(=O)c1ccc(NC(=O)/C(C)=C\C(=O)Nc2nccs2)cc1. The van der Waals surface area contributed by atoms with E-state index in [0.29, 0.717) is 16.4 Å². The number of thiazole rings is 1. The first-order valence-corrected chi connectivity index (χ1v) is 7.65. The van der Waals surface area contributed by atoms with E-state index in [1.807, 2.05) is 0 Å². The lowest BCUT2D eigenvalue weighted by molar-refractivity contribution is -0.114. The molecule has 2 N–H and O–H groups in total. The number of Topliss-reactive ketones (excluding diaryl/α,β-unsaturated/α-hetero) is 1. The van der Waals surface area contributed by atoms with E-state index in [9.17, 15) is 14.4 Å². The van der Waals surface area contributed by atoms with Gasteiger partial charge >= 0.3 is 0 Å². The van der Waals surface area contributed by atoms with Crippen LogP contribution in [0.3, 0.4) is 0 Å². The van der Waals surface area contributed by atoms with Gasteiger partial charge in [-0.1, -0.05) is 0 Å². The topological polar surface area (TPSA) is 88.2 Å². The number of carbonyl (C=O) groups is 3. The number of hydrogen-bond acceptors (Lipinski definition) is 5. The van der Waals surface area contributed by atoms with Crippen LogP contribution in [0.1, 0.15) is 24.2 Å². The number of amides is 2. The Morgan fingerprint density at radius 2 is 1.78 bits per heavy atom. The van der Waals surface area contributed by atoms with E-state index in [1.165, 1.54) is 24.3 Å². The first-order valence-electron chi connectivity index (χ1n) is 6.77. The van der Waals surface area contributed by atoms with Gasteiger partial charge in [0.05, 0.1) is 0 Å². The number of anilines is 2. The third-order valence-corrected chi connectivity index (χ3v) is 3.61. The van der Waals surface area contributed by atoms with E-state index < -0.39 is 11.8 Å². The fourth-order valence-electron chi connectivity index (χ4n) is 1.71. The number of aromatic nitrogens is 1. The molecule has 0 saturated carbocycles. The summed E-state index contributed by atoms with van der Waals surface area (Å²) in [6.07, 6.45) is 2.79. The average Bonchev–Trinajstić information content (AvgIpc) is 3.00. The molecule has 0 aliphatic heterocycles. The predicted octanol–water partition coefficient (Wildman–Crippen LogP) is 2.87. The first kappa shape index (κ1) is 16.6. The standard InChI is InChI=1S/C16H15N3O3S/c1-10(9-14(21)19-16-17-7-8-23-16)15(22)18-13-5-3-12(4-6-13)11(2)20/h3-9H,1-2H3,(H,18,22)(H,17,19,21)/b10-9-. The Bertz CT molecular complexity index is 749. The summed E-state index contributed by atoms with van der Waals surface area (Å²) in [4.78, 5) is 38.9. The van der Waals surface area contributed by atoms with Crippen molar-refractivity contribution in [1.82, 2.24) is 4.98 Å². The van der Waals surface area contributed by atoms with Crippen LogP contribution in [0.15, 0.2) is 47.5 Å². The first-order chi connectivity index (χ1) is 11.0. The highest BCUT2D eigenvalue weighted by atomic mass is 32.1. The summed E-state index contributed by atoms with van der Waals surface area (Å²) in [6, 6.07) is 6.54. The molecule has 0 fully saturated rings. The van der Waals surface area contributed by atoms with E-state index in [0.717, 1.165) is 0 Å². The second kappa shape index (κ2) is 7.46. The molecule has 2 aromatic rings. The number of hydrogen-bond donors (Lipinski definition) is 2. The molecule has 0 saturated heterocycles. The highest BCUT2D eigenvalue weighted by Crippen LogP contribution is 2.12. The minimum atomic E-state index is -0.417. The lowest BCUT2D eigenvalue weighted by Crippen LogP contribution is -2.16. The summed E-state index contributed by atoms with van der Waals surface area (Å²) in [6.45, 7) is 3.02. The molecular weight excluding hydrogens is 314 g/mol. The van der Waals surface area contributed by atoms with Gasteiger partial charge in [-0.05, 0) is 38.1 Å². The van der Waals surface area contributed by atoms with Gasteiger partial charge in [0.25, 0.3) is 11.8 Å². The van der Waals surface area contributed by atoms with Gasteiger partial charge in [0.15, 0.2) is 10.9 Å². The fourth-order valence-corrected chi connectivity index (χ4v) is 2.24. The molecule has 0 radical (unpaired) electrons. The zero-order valence-electron chi connectivity index (χ0n) is 12.6. The Hall–Kier alpha value is -2.80. The van der Waals surface area contributed by atoms with Gasteiger partial charge in [0.2, 0.25) is 0 Å². The molecule has 1 heterocycles. The number of nitrogens with one attached hydrogen (secondary N) is 2. The van der Waals surface area contributed by atoms with Gasteiger partial charge in [0.1, 0.15) is 0 Å². The van der Waals surface area contributed by atoms with Crippen molar-refractivity contribution in [3.05, 3.63) is 53.1 Å². The molecule has 118 valence electrons. The van der Waals surface area contributed by atoms with Gasteiger partial charge in [-0.15, -0.1) is 11.3 Å². The molecule has 0 bridgehead atoms. The maximum atomic E-state index is 12.0. The Morgan fingerprint density at radius 1 is 1.09 bits per heavy atom. The molecule has 0 unspecified atom stereocenters. The van der Waals surface area contributed by atoms with Crippen LogP contribution in [0, 0.1) is 0 Å². The second-order valence-electron chi connectivity index (χ2n) is 4.74. The molecule has 0 aliphatic rings. The zero-order chi connectivity index (χ0) is 16.8. The quantitative estimate of drug-likeness (QED) is 0.652. The summed E-state index contributed by atoms with van der Waals surface area (Å²) in [7, 11) is 0. The normalized spacial score (nSPS) is 11.0. The van der Waals surface area contributed by atoms with Crippen LogP contribution >= 0.6 is 11.3 Å². The van der Waals surface area contributed by atoms with E-state index in [4.69, 9.17) is 0 Å². The Kier molecular flexibility index (Phi) is 5.37. The van der Waals surface area contributed by atoms with E-state index in [1.54, 1.807) is 42.8 Å². The lowest BCUT2D eigenvalue weighted by atomic mass is 10.1. The van der Waals surface area contributed by atoms with Crippen LogP contribution in [-0.2, 0) is 9.59 Å². The highest BCUT2D eigenvalue weighted by Gasteiger charge is 2.08. The molecule has 1 aromatic carbocycles.